The van der Waals surface area contributed by atoms with Crippen molar-refractivity contribution < 1.29 is 39.9 Å². The summed E-state index contributed by atoms with van der Waals surface area (Å²) < 4.78 is 101. The maximum atomic E-state index is 14.1. The summed E-state index contributed by atoms with van der Waals surface area (Å²) in [5.41, 5.74) is 5.69. The van der Waals surface area contributed by atoms with E-state index in [-0.39, 0.29) is 39.5 Å². The predicted molar refractivity (Wildman–Crippen MR) is 287 cm³/mol. The van der Waals surface area contributed by atoms with Gasteiger partial charge in [0.25, 0.3) is 15.9 Å². The molecule has 2 saturated heterocycles. The highest BCUT2D eigenvalue weighted by Gasteiger charge is 2.32. The van der Waals surface area contributed by atoms with E-state index in [0.29, 0.717) is 74.0 Å². The standard InChI is InChI=1S/C53H59ClF3N7O6S3/c1-36-49(52(66)60-72(3,67)68)50(51(61(36)2)37-12-14-40(54)15-13-37)38-8-7-9-44(32-38)64-30-28-63(29-31-64)43-18-16-41(17-19-43)59-73(69,70)47-20-21-48(39(33-47)34-53(55,56)57)58-42(35-71-46-10-5-4-6-11-46)22-25-62-26-23-45(65)24-27-62/h4-21,32-33,42,45,58-59,65H,22-31,34-35H2,1-3H3,(H,60,66)/t42-/m1/s1. The number of sulfonamides is 2. The number of benzene rings is 5. The van der Waals surface area contributed by atoms with Gasteiger partial charge in [0.15, 0.2) is 0 Å². The minimum atomic E-state index is -4.60. The van der Waals surface area contributed by atoms with E-state index in [4.69, 9.17) is 11.6 Å². The van der Waals surface area contributed by atoms with E-state index < -0.39 is 38.6 Å². The molecule has 0 bridgehead atoms. The van der Waals surface area contributed by atoms with Crippen molar-refractivity contribution in [1.82, 2.24) is 14.2 Å². The average Bonchev–Trinajstić information content (AvgIpc) is 3.62. The fourth-order valence-electron chi connectivity index (χ4n) is 9.41. The topological polar surface area (TPSA) is 156 Å². The van der Waals surface area contributed by atoms with Crippen molar-refractivity contribution in [2.45, 2.75) is 60.7 Å². The normalized spacial score (nSPS) is 15.6. The Labute approximate surface area is 434 Å². The van der Waals surface area contributed by atoms with E-state index in [2.05, 4.69) is 29.5 Å². The number of rotatable bonds is 18. The molecule has 8 rings (SSSR count). The molecule has 388 valence electrons. The van der Waals surface area contributed by atoms with Crippen LogP contribution in [0.4, 0.5) is 35.9 Å². The Balaban J connectivity index is 0.946. The van der Waals surface area contributed by atoms with Crippen molar-refractivity contribution in [3.8, 4) is 22.4 Å². The summed E-state index contributed by atoms with van der Waals surface area (Å²) in [6, 6.07) is 35.2. The molecule has 4 N–H and O–H groups in total. The van der Waals surface area contributed by atoms with Crippen LogP contribution in [0.3, 0.4) is 0 Å². The van der Waals surface area contributed by atoms with Gasteiger partial charge < -0.3 is 29.7 Å². The van der Waals surface area contributed by atoms with Gasteiger partial charge >= 0.3 is 6.18 Å². The van der Waals surface area contributed by atoms with Crippen molar-refractivity contribution in [2.75, 3.05) is 77.7 Å². The largest absolute Gasteiger partial charge is 0.393 e. The lowest BCUT2D eigenvalue weighted by Crippen LogP contribution is -2.46. The Morgan fingerprint density at radius 1 is 0.808 bits per heavy atom. The van der Waals surface area contributed by atoms with Gasteiger partial charge in [-0.15, -0.1) is 11.8 Å². The Bertz CT molecular complexity index is 3110. The number of piperidine rings is 1. The number of amides is 1. The van der Waals surface area contributed by atoms with Crippen molar-refractivity contribution in [3.63, 3.8) is 0 Å². The monoisotopic (exact) mass is 1080 g/mol. The minimum absolute atomic E-state index is 0.174. The van der Waals surface area contributed by atoms with E-state index in [0.717, 1.165) is 58.5 Å². The third-order valence-electron chi connectivity index (χ3n) is 13.3. The number of nitrogens with zero attached hydrogens (tertiary/aromatic N) is 4. The number of aliphatic hydroxyl groups excluding tert-OH is 1. The fraction of sp³-hybridized carbons (Fsp3) is 0.340. The molecule has 6 aromatic rings. The number of nitrogens with one attached hydrogen (secondary N) is 3. The molecule has 1 aromatic heterocycles. The third kappa shape index (κ3) is 13.9. The molecule has 1 amide bonds. The molecule has 20 heteroatoms. The molecule has 0 aliphatic carbocycles. The molecule has 2 aliphatic rings. The number of piperazine rings is 1. The maximum absolute atomic E-state index is 14.1. The first-order valence-corrected chi connectivity index (χ1v) is 28.7. The van der Waals surface area contributed by atoms with Crippen LogP contribution < -0.4 is 24.6 Å². The third-order valence-corrected chi connectivity index (χ3v) is 16.6. The molecule has 13 nitrogen and oxygen atoms in total. The van der Waals surface area contributed by atoms with Crippen LogP contribution in [0.5, 0.6) is 0 Å². The molecule has 5 aromatic carbocycles. The van der Waals surface area contributed by atoms with Crippen molar-refractivity contribution >= 4 is 72.1 Å². The Kier molecular flexibility index (Phi) is 16.8. The van der Waals surface area contributed by atoms with E-state index in [1.165, 1.54) is 12.1 Å². The Morgan fingerprint density at radius 3 is 2.11 bits per heavy atom. The van der Waals surface area contributed by atoms with Crippen LogP contribution in [0, 0.1) is 6.92 Å². The summed E-state index contributed by atoms with van der Waals surface area (Å²) in [7, 11) is -6.34. The number of alkyl halides is 3. The van der Waals surface area contributed by atoms with Gasteiger partial charge in [-0.05, 0) is 122 Å². The number of carbonyl (C=O) groups excluding carboxylic acids is 1. The number of aliphatic hydroxyl groups is 1. The summed E-state index contributed by atoms with van der Waals surface area (Å²) >= 11 is 7.83. The molecule has 73 heavy (non-hydrogen) atoms. The number of carbonyl (C=O) groups is 1. The van der Waals surface area contributed by atoms with Gasteiger partial charge in [0.1, 0.15) is 0 Å². The maximum Gasteiger partial charge on any atom is 0.393 e. The van der Waals surface area contributed by atoms with Crippen LogP contribution in [-0.4, -0.2) is 113 Å². The molecule has 0 saturated carbocycles. The quantitative estimate of drug-likeness (QED) is 0.0608. The second-order valence-electron chi connectivity index (χ2n) is 18.6. The molecule has 0 unspecified atom stereocenters. The van der Waals surface area contributed by atoms with Crippen LogP contribution in [-0.2, 0) is 33.5 Å². The first-order chi connectivity index (χ1) is 34.7. The smallest absolute Gasteiger partial charge is 0.393 e. The van der Waals surface area contributed by atoms with E-state index in [1.807, 2.05) is 78.3 Å². The Hall–Kier alpha value is -5.70. The number of halogens is 4. The summed E-state index contributed by atoms with van der Waals surface area (Å²) in [4.78, 5) is 21.0. The molecule has 2 fully saturated rings. The lowest BCUT2D eigenvalue weighted by atomic mass is 9.96. The number of hydrogen-bond donors (Lipinski definition) is 4. The van der Waals surface area contributed by atoms with Gasteiger partial charge in [0.2, 0.25) is 10.0 Å². The summed E-state index contributed by atoms with van der Waals surface area (Å²) in [5, 5.41) is 13.9. The Morgan fingerprint density at radius 2 is 1.47 bits per heavy atom. The summed E-state index contributed by atoms with van der Waals surface area (Å²) in [6.07, 6.45) is -3.33. The molecule has 2 aliphatic heterocycles. The second-order valence-corrected chi connectivity index (χ2v) is 23.5. The van der Waals surface area contributed by atoms with Gasteiger partial charge in [0, 0.05) is 109 Å². The van der Waals surface area contributed by atoms with Crippen LogP contribution >= 0.6 is 23.4 Å². The van der Waals surface area contributed by atoms with Crippen molar-refractivity contribution in [2.24, 2.45) is 7.05 Å². The lowest BCUT2D eigenvalue weighted by molar-refractivity contribution is -0.127. The average molecular weight is 1080 g/mol. The molecular weight excluding hydrogens is 1020 g/mol. The zero-order valence-electron chi connectivity index (χ0n) is 40.7. The van der Waals surface area contributed by atoms with Crippen LogP contribution in [0.15, 0.2) is 131 Å². The molecule has 1 atom stereocenters. The molecule has 3 heterocycles. The molecular formula is C53H59ClF3N7O6S3. The highest BCUT2D eigenvalue weighted by atomic mass is 35.5. The molecule has 0 radical (unpaired) electrons. The molecule has 0 spiro atoms. The fourth-order valence-corrected chi connectivity index (χ4v) is 12.1. The summed E-state index contributed by atoms with van der Waals surface area (Å²) in [6.45, 7) is 6.43. The van der Waals surface area contributed by atoms with Gasteiger partial charge in [-0.2, -0.15) is 13.2 Å². The van der Waals surface area contributed by atoms with Gasteiger partial charge in [-0.3, -0.25) is 9.52 Å². The lowest BCUT2D eigenvalue weighted by Gasteiger charge is -2.37. The van der Waals surface area contributed by atoms with E-state index in [1.54, 1.807) is 55.1 Å². The number of likely N-dealkylation sites (tertiary alicyclic amines) is 1. The predicted octanol–water partition coefficient (Wildman–Crippen LogP) is 9.66. The zero-order chi connectivity index (χ0) is 52.1. The van der Waals surface area contributed by atoms with Crippen molar-refractivity contribution in [1.29, 1.82) is 0 Å². The first-order valence-electron chi connectivity index (χ1n) is 23.9. The highest BCUT2D eigenvalue weighted by Crippen LogP contribution is 2.41. The van der Waals surface area contributed by atoms with Gasteiger partial charge in [0.05, 0.1) is 34.9 Å². The van der Waals surface area contributed by atoms with E-state index >= 15 is 0 Å². The van der Waals surface area contributed by atoms with E-state index in [9.17, 15) is 39.9 Å². The number of thioether (sulfide) groups is 1. The summed E-state index contributed by atoms with van der Waals surface area (Å²) in [5.74, 6) is -0.169. The number of anilines is 4. The van der Waals surface area contributed by atoms with Crippen LogP contribution in [0.25, 0.3) is 22.4 Å². The number of aromatic nitrogens is 1. The van der Waals surface area contributed by atoms with Gasteiger partial charge in [-0.25, -0.2) is 21.6 Å². The minimum Gasteiger partial charge on any atom is -0.393 e. The SMILES string of the molecule is Cc1c(C(=O)NS(C)(=O)=O)c(-c2cccc(N3CCN(c4ccc(NS(=O)(=O)c5ccc(N[C@H](CCN6CCC(O)CC6)CSc6ccccc6)c(CC(F)(F)F)c5)cc4)CC3)c2)c(-c2ccc(Cl)cc2)n1C. The highest BCUT2D eigenvalue weighted by molar-refractivity contribution is 7.99. The zero-order valence-corrected chi connectivity index (χ0v) is 43.9. The van der Waals surface area contributed by atoms with Crippen LogP contribution in [0.1, 0.15) is 40.9 Å². The second kappa shape index (κ2) is 22.8. The van der Waals surface area contributed by atoms with Gasteiger partial charge in [-0.1, -0.05) is 54.1 Å². The number of hydrogen-bond acceptors (Lipinski definition) is 11. The van der Waals surface area contributed by atoms with Crippen molar-refractivity contribution in [3.05, 3.63) is 143 Å². The first kappa shape index (κ1) is 53.6. The van der Waals surface area contributed by atoms with Crippen LogP contribution in [0.2, 0.25) is 5.02 Å².